The third kappa shape index (κ3) is 4.42. The monoisotopic (exact) mass is 366 g/mol. The molecule has 1 atom stereocenters. The van der Waals surface area contributed by atoms with Crippen molar-refractivity contribution in [2.45, 2.75) is 38.9 Å². The molecule has 0 saturated carbocycles. The molecule has 0 unspecified atom stereocenters. The van der Waals surface area contributed by atoms with Gasteiger partial charge < -0.3 is 14.6 Å². The van der Waals surface area contributed by atoms with Crippen LogP contribution in [0.5, 0.6) is 0 Å². The topological polar surface area (TPSA) is 26.2 Å². The second-order valence-electron chi connectivity index (χ2n) is 6.43. The van der Waals surface area contributed by atoms with Crippen LogP contribution in [0.25, 0.3) is 16.7 Å². The summed E-state index contributed by atoms with van der Waals surface area (Å²) in [6, 6.07) is 8.07. The number of aromatic nitrogens is 1. The predicted octanol–water partition coefficient (Wildman–Crippen LogP) is 5.57. The van der Waals surface area contributed by atoms with Crippen LogP contribution in [0.1, 0.15) is 37.1 Å². The summed E-state index contributed by atoms with van der Waals surface area (Å²) >= 11 is 0. The minimum atomic E-state index is -4.24. The lowest BCUT2D eigenvalue weighted by Gasteiger charge is -2.19. The maximum absolute atomic E-state index is 12.3. The van der Waals surface area contributed by atoms with Gasteiger partial charge in [-0.1, -0.05) is 31.4 Å². The number of halogens is 3. The molecular formula is C20H25F3N2O. The van der Waals surface area contributed by atoms with Gasteiger partial charge in [-0.05, 0) is 32.8 Å². The molecule has 6 heteroatoms. The second-order valence-corrected chi connectivity index (χ2v) is 6.43. The van der Waals surface area contributed by atoms with E-state index in [1.807, 2.05) is 31.2 Å². The minimum Gasteiger partial charge on any atom is -0.497 e. The quantitative estimate of drug-likeness (QED) is 0.618. The highest BCUT2D eigenvalue weighted by atomic mass is 19.4. The van der Waals surface area contributed by atoms with Crippen molar-refractivity contribution in [3.05, 3.63) is 54.4 Å². The second kappa shape index (κ2) is 7.89. The molecule has 0 spiro atoms. The van der Waals surface area contributed by atoms with Gasteiger partial charge in [-0.3, -0.25) is 0 Å². The summed E-state index contributed by atoms with van der Waals surface area (Å²) in [7, 11) is 1.59. The molecule has 1 aromatic carbocycles. The third-order valence-corrected chi connectivity index (χ3v) is 4.52. The summed E-state index contributed by atoms with van der Waals surface area (Å²) in [6.45, 7) is 10.7. The first-order chi connectivity index (χ1) is 12.2. The van der Waals surface area contributed by atoms with E-state index in [0.717, 1.165) is 22.2 Å². The van der Waals surface area contributed by atoms with Crippen molar-refractivity contribution in [3.8, 4) is 0 Å². The summed E-state index contributed by atoms with van der Waals surface area (Å²) in [5.41, 5.74) is 3.44. The predicted molar refractivity (Wildman–Crippen MR) is 99.9 cm³/mol. The van der Waals surface area contributed by atoms with Crippen LogP contribution in [0.2, 0.25) is 0 Å². The van der Waals surface area contributed by atoms with Crippen LogP contribution < -0.4 is 5.32 Å². The zero-order valence-electron chi connectivity index (χ0n) is 15.4. The van der Waals surface area contributed by atoms with E-state index >= 15 is 0 Å². The highest BCUT2D eigenvalue weighted by Crippen LogP contribution is 2.34. The van der Waals surface area contributed by atoms with Gasteiger partial charge in [0, 0.05) is 33.9 Å². The van der Waals surface area contributed by atoms with Gasteiger partial charge in [0.05, 0.1) is 7.11 Å². The van der Waals surface area contributed by atoms with E-state index in [0.29, 0.717) is 24.3 Å². The van der Waals surface area contributed by atoms with Crippen LogP contribution in [-0.4, -0.2) is 24.4 Å². The summed E-state index contributed by atoms with van der Waals surface area (Å²) in [6.07, 6.45) is -3.11. The van der Waals surface area contributed by atoms with E-state index in [4.69, 9.17) is 4.74 Å². The molecule has 0 aliphatic carbocycles. The molecule has 0 aliphatic rings. The lowest BCUT2D eigenvalue weighted by Crippen LogP contribution is -2.28. The molecule has 26 heavy (non-hydrogen) atoms. The van der Waals surface area contributed by atoms with Crippen molar-refractivity contribution in [2.24, 2.45) is 0 Å². The van der Waals surface area contributed by atoms with Crippen molar-refractivity contribution in [1.29, 1.82) is 0 Å². The van der Waals surface area contributed by atoms with Crippen molar-refractivity contribution in [3.63, 3.8) is 0 Å². The average Bonchev–Trinajstić information content (AvgIpc) is 2.88. The Labute approximate surface area is 152 Å². The Kier molecular flexibility index (Phi) is 6.05. The largest absolute Gasteiger partial charge is 0.497 e. The smallest absolute Gasteiger partial charge is 0.405 e. The number of ether oxygens (including phenoxy) is 1. The molecule has 0 fully saturated rings. The van der Waals surface area contributed by atoms with E-state index in [2.05, 4.69) is 30.0 Å². The molecule has 0 aliphatic heterocycles. The number of rotatable bonds is 8. The van der Waals surface area contributed by atoms with Crippen molar-refractivity contribution >= 4 is 16.7 Å². The highest BCUT2D eigenvalue weighted by molar-refractivity contribution is 5.93. The van der Waals surface area contributed by atoms with Crippen LogP contribution in [0.15, 0.2) is 43.1 Å². The number of nitrogens with zero attached hydrogens (tertiary/aromatic N) is 1. The average molecular weight is 366 g/mol. The Hall–Kier alpha value is -2.37. The standard InChI is InChI=1S/C20H25F3N2O/c1-13(24-12-20(21,22)23)10-11-14(2)25-15(3)19(16(4)26-5)17-8-6-7-9-18(17)25/h6-9,14,24H,1,4,10-12H2,2-3,5H3/t14-/m1/s1. The number of alkyl halides is 3. The first-order valence-electron chi connectivity index (χ1n) is 8.47. The number of allylic oxidation sites excluding steroid dienone is 1. The molecule has 0 bridgehead atoms. The van der Waals surface area contributed by atoms with Crippen LogP contribution in [0.4, 0.5) is 13.2 Å². The number of benzene rings is 1. The fourth-order valence-electron chi connectivity index (χ4n) is 3.24. The molecule has 1 heterocycles. The zero-order chi connectivity index (χ0) is 19.5. The molecular weight excluding hydrogens is 341 g/mol. The third-order valence-electron chi connectivity index (χ3n) is 4.52. The van der Waals surface area contributed by atoms with E-state index in [1.165, 1.54) is 0 Å². The van der Waals surface area contributed by atoms with Crippen LogP contribution in [0.3, 0.4) is 0 Å². The minimum absolute atomic E-state index is 0.0859. The summed E-state index contributed by atoms with van der Waals surface area (Å²) in [5.74, 6) is 0.598. The van der Waals surface area contributed by atoms with Crippen molar-refractivity contribution < 1.29 is 17.9 Å². The molecule has 142 valence electrons. The van der Waals surface area contributed by atoms with Gasteiger partial charge in [-0.2, -0.15) is 13.2 Å². The fraction of sp³-hybridized carbons (Fsp3) is 0.400. The summed E-state index contributed by atoms with van der Waals surface area (Å²) < 4.78 is 44.4. The number of methoxy groups -OCH3 is 1. The van der Waals surface area contributed by atoms with Crippen LogP contribution in [0, 0.1) is 6.92 Å². The molecule has 0 saturated heterocycles. The molecule has 1 aromatic heterocycles. The Bertz CT molecular complexity index is 805. The van der Waals surface area contributed by atoms with Crippen LogP contribution in [-0.2, 0) is 4.74 Å². The first-order valence-corrected chi connectivity index (χ1v) is 8.47. The fourth-order valence-corrected chi connectivity index (χ4v) is 3.24. The molecule has 0 radical (unpaired) electrons. The van der Waals surface area contributed by atoms with Gasteiger partial charge >= 0.3 is 6.18 Å². The Morgan fingerprint density at radius 3 is 2.54 bits per heavy atom. The van der Waals surface area contributed by atoms with Crippen molar-refractivity contribution in [1.82, 2.24) is 9.88 Å². The Balaban J connectivity index is 2.20. The van der Waals surface area contributed by atoms with E-state index in [9.17, 15) is 13.2 Å². The number of para-hydroxylation sites is 1. The molecule has 2 rings (SSSR count). The zero-order valence-corrected chi connectivity index (χ0v) is 15.4. The van der Waals surface area contributed by atoms with Gasteiger partial charge in [0.25, 0.3) is 0 Å². The number of hydrogen-bond acceptors (Lipinski definition) is 2. The normalized spacial score (nSPS) is 12.8. The van der Waals surface area contributed by atoms with Gasteiger partial charge in [-0.15, -0.1) is 0 Å². The van der Waals surface area contributed by atoms with E-state index in [1.54, 1.807) is 7.11 Å². The number of nitrogens with one attached hydrogen (secondary N) is 1. The van der Waals surface area contributed by atoms with Crippen molar-refractivity contribution in [2.75, 3.05) is 13.7 Å². The molecule has 0 amide bonds. The first kappa shape index (κ1) is 19.9. The summed E-state index contributed by atoms with van der Waals surface area (Å²) in [4.78, 5) is 0. The van der Waals surface area contributed by atoms with E-state index < -0.39 is 12.7 Å². The maximum atomic E-state index is 12.3. The lowest BCUT2D eigenvalue weighted by atomic mass is 10.1. The van der Waals surface area contributed by atoms with Gasteiger partial charge in [0.15, 0.2) is 0 Å². The molecule has 1 N–H and O–H groups in total. The lowest BCUT2D eigenvalue weighted by molar-refractivity contribution is -0.123. The maximum Gasteiger partial charge on any atom is 0.405 e. The summed E-state index contributed by atoms with van der Waals surface area (Å²) in [5, 5.41) is 3.40. The van der Waals surface area contributed by atoms with Crippen LogP contribution >= 0.6 is 0 Å². The highest BCUT2D eigenvalue weighted by Gasteiger charge is 2.26. The van der Waals surface area contributed by atoms with E-state index in [-0.39, 0.29) is 6.04 Å². The molecule has 3 nitrogen and oxygen atoms in total. The number of fused-ring (bicyclic) bond motifs is 1. The van der Waals surface area contributed by atoms with Gasteiger partial charge in [-0.25, -0.2) is 0 Å². The Morgan fingerprint density at radius 2 is 1.92 bits per heavy atom. The SMILES string of the molecule is C=C(CC[C@@H](C)n1c(C)c(C(=C)OC)c2ccccc21)NCC(F)(F)F. The van der Waals surface area contributed by atoms with Gasteiger partial charge in [0.1, 0.15) is 12.3 Å². The van der Waals surface area contributed by atoms with Gasteiger partial charge in [0.2, 0.25) is 0 Å². The molecule has 2 aromatic rings. The number of hydrogen-bond donors (Lipinski definition) is 1. The Morgan fingerprint density at radius 1 is 1.27 bits per heavy atom.